The first-order chi connectivity index (χ1) is 9.06. The van der Waals surface area contributed by atoms with E-state index in [1.807, 2.05) is 12.1 Å². The Labute approximate surface area is 111 Å². The van der Waals surface area contributed by atoms with Crippen LogP contribution in [0.25, 0.3) is 21.5 Å². The number of aryl methyl sites for hydroxylation is 2. The molecule has 0 spiro atoms. The molecule has 0 aliphatic rings. The lowest BCUT2D eigenvalue weighted by Gasteiger charge is -2.08. The summed E-state index contributed by atoms with van der Waals surface area (Å²) < 4.78 is 0. The van der Waals surface area contributed by atoms with Gasteiger partial charge in [-0.3, -0.25) is 4.79 Å². The standard InChI is InChI=1S/C17H15NO/c1-10-6-13-8-12-4-3-5-15(17(18)19)16(12)9-14(13)7-11(10)2/h3-9H,1-2H3,(H2,18,19). The van der Waals surface area contributed by atoms with Crippen LogP contribution in [-0.4, -0.2) is 5.91 Å². The highest BCUT2D eigenvalue weighted by Gasteiger charge is 2.08. The second-order valence-corrected chi connectivity index (χ2v) is 5.03. The molecule has 0 unspecified atom stereocenters. The van der Waals surface area contributed by atoms with Crippen molar-refractivity contribution in [2.75, 3.05) is 0 Å². The number of rotatable bonds is 1. The van der Waals surface area contributed by atoms with Gasteiger partial charge in [0.1, 0.15) is 0 Å². The average molecular weight is 249 g/mol. The largest absolute Gasteiger partial charge is 0.366 e. The summed E-state index contributed by atoms with van der Waals surface area (Å²) in [6.45, 7) is 4.21. The molecule has 1 amide bonds. The van der Waals surface area contributed by atoms with E-state index in [4.69, 9.17) is 5.73 Å². The summed E-state index contributed by atoms with van der Waals surface area (Å²) in [7, 11) is 0. The van der Waals surface area contributed by atoms with E-state index >= 15 is 0 Å². The molecule has 0 atom stereocenters. The first kappa shape index (κ1) is 11.7. The molecule has 19 heavy (non-hydrogen) atoms. The molecule has 3 aromatic carbocycles. The molecular weight excluding hydrogens is 234 g/mol. The molecule has 0 bridgehead atoms. The molecule has 0 radical (unpaired) electrons. The van der Waals surface area contributed by atoms with Crippen molar-refractivity contribution < 1.29 is 4.79 Å². The second kappa shape index (κ2) is 4.09. The summed E-state index contributed by atoms with van der Waals surface area (Å²) in [5.74, 6) is -0.381. The monoisotopic (exact) mass is 249 g/mol. The number of nitrogens with two attached hydrogens (primary N) is 1. The lowest BCUT2D eigenvalue weighted by atomic mass is 9.96. The Bertz CT molecular complexity index is 818. The smallest absolute Gasteiger partial charge is 0.249 e. The van der Waals surface area contributed by atoms with E-state index in [1.165, 1.54) is 16.5 Å². The van der Waals surface area contributed by atoms with Crippen LogP contribution in [0.15, 0.2) is 42.5 Å². The van der Waals surface area contributed by atoms with Gasteiger partial charge in [0, 0.05) is 5.56 Å². The van der Waals surface area contributed by atoms with Crippen molar-refractivity contribution in [3.05, 3.63) is 59.2 Å². The Kier molecular flexibility index (Phi) is 2.53. The van der Waals surface area contributed by atoms with E-state index in [-0.39, 0.29) is 5.91 Å². The van der Waals surface area contributed by atoms with Gasteiger partial charge in [0.2, 0.25) is 5.91 Å². The second-order valence-electron chi connectivity index (χ2n) is 5.03. The Morgan fingerprint density at radius 1 is 0.895 bits per heavy atom. The normalized spacial score (nSPS) is 11.1. The Morgan fingerprint density at radius 3 is 2.16 bits per heavy atom. The fraction of sp³-hybridized carbons (Fsp3) is 0.118. The van der Waals surface area contributed by atoms with Gasteiger partial charge in [0.25, 0.3) is 0 Å². The average Bonchev–Trinajstić information content (AvgIpc) is 2.37. The van der Waals surface area contributed by atoms with E-state index < -0.39 is 0 Å². The highest BCUT2D eigenvalue weighted by atomic mass is 16.1. The van der Waals surface area contributed by atoms with Gasteiger partial charge >= 0.3 is 0 Å². The van der Waals surface area contributed by atoms with Crippen molar-refractivity contribution in [3.63, 3.8) is 0 Å². The quantitative estimate of drug-likeness (QED) is 0.656. The van der Waals surface area contributed by atoms with Crippen LogP contribution < -0.4 is 5.73 Å². The summed E-state index contributed by atoms with van der Waals surface area (Å²) >= 11 is 0. The van der Waals surface area contributed by atoms with Crippen LogP contribution >= 0.6 is 0 Å². The van der Waals surface area contributed by atoms with Crippen LogP contribution in [0.4, 0.5) is 0 Å². The van der Waals surface area contributed by atoms with E-state index in [0.717, 1.165) is 16.2 Å². The maximum absolute atomic E-state index is 11.5. The number of fused-ring (bicyclic) bond motifs is 2. The molecule has 0 saturated heterocycles. The first-order valence-electron chi connectivity index (χ1n) is 6.30. The zero-order chi connectivity index (χ0) is 13.6. The van der Waals surface area contributed by atoms with Gasteiger partial charge in [-0.05, 0) is 64.7 Å². The molecule has 2 N–H and O–H groups in total. The molecule has 94 valence electrons. The summed E-state index contributed by atoms with van der Waals surface area (Å²) in [5, 5.41) is 4.30. The number of benzene rings is 3. The minimum atomic E-state index is -0.381. The van der Waals surface area contributed by atoms with Gasteiger partial charge in [0.15, 0.2) is 0 Å². The highest BCUT2D eigenvalue weighted by molar-refractivity contribution is 6.10. The van der Waals surface area contributed by atoms with Crippen LogP contribution in [0, 0.1) is 13.8 Å². The lowest BCUT2D eigenvalue weighted by Crippen LogP contribution is -2.11. The Balaban J connectivity index is 2.45. The molecule has 0 aromatic heterocycles. The van der Waals surface area contributed by atoms with E-state index in [1.54, 1.807) is 6.07 Å². The number of carbonyl (C=O) groups is 1. The number of carbonyl (C=O) groups excluding carboxylic acids is 1. The van der Waals surface area contributed by atoms with Gasteiger partial charge in [-0.15, -0.1) is 0 Å². The lowest BCUT2D eigenvalue weighted by molar-refractivity contribution is 0.100. The van der Waals surface area contributed by atoms with Crippen LogP contribution in [0.2, 0.25) is 0 Å². The minimum Gasteiger partial charge on any atom is -0.366 e. The van der Waals surface area contributed by atoms with E-state index in [0.29, 0.717) is 5.56 Å². The SMILES string of the molecule is Cc1cc2cc3cccc(C(N)=O)c3cc2cc1C. The molecular formula is C17H15NO. The topological polar surface area (TPSA) is 43.1 Å². The summed E-state index contributed by atoms with van der Waals surface area (Å²) in [6.07, 6.45) is 0. The van der Waals surface area contributed by atoms with Crippen molar-refractivity contribution in [1.82, 2.24) is 0 Å². The zero-order valence-corrected chi connectivity index (χ0v) is 11.0. The molecule has 3 aromatic rings. The molecule has 3 rings (SSSR count). The predicted molar refractivity (Wildman–Crippen MR) is 79.4 cm³/mol. The van der Waals surface area contributed by atoms with E-state index in [9.17, 15) is 4.79 Å². The van der Waals surface area contributed by atoms with Gasteiger partial charge < -0.3 is 5.73 Å². The van der Waals surface area contributed by atoms with E-state index in [2.05, 4.69) is 38.1 Å². The van der Waals surface area contributed by atoms with Gasteiger partial charge in [-0.25, -0.2) is 0 Å². The van der Waals surface area contributed by atoms with Gasteiger partial charge in [0.05, 0.1) is 0 Å². The Morgan fingerprint density at radius 2 is 1.53 bits per heavy atom. The maximum Gasteiger partial charge on any atom is 0.249 e. The highest BCUT2D eigenvalue weighted by Crippen LogP contribution is 2.27. The third-order valence-corrected chi connectivity index (χ3v) is 3.72. The zero-order valence-electron chi connectivity index (χ0n) is 11.0. The predicted octanol–water partition coefficient (Wildman–Crippen LogP) is 3.71. The van der Waals surface area contributed by atoms with Crippen molar-refractivity contribution in [3.8, 4) is 0 Å². The molecule has 0 fully saturated rings. The molecule has 0 aliphatic carbocycles. The summed E-state index contributed by atoms with van der Waals surface area (Å²) in [5.41, 5.74) is 8.55. The number of hydrogen-bond donors (Lipinski definition) is 1. The molecule has 2 heteroatoms. The third-order valence-electron chi connectivity index (χ3n) is 3.72. The third kappa shape index (κ3) is 1.85. The van der Waals surface area contributed by atoms with Crippen LogP contribution in [0.1, 0.15) is 21.5 Å². The summed E-state index contributed by atoms with van der Waals surface area (Å²) in [6, 6.07) is 14.2. The summed E-state index contributed by atoms with van der Waals surface area (Å²) in [4.78, 5) is 11.5. The van der Waals surface area contributed by atoms with Crippen LogP contribution in [0.5, 0.6) is 0 Å². The van der Waals surface area contributed by atoms with Crippen molar-refractivity contribution in [2.24, 2.45) is 5.73 Å². The number of hydrogen-bond acceptors (Lipinski definition) is 1. The number of primary amides is 1. The minimum absolute atomic E-state index is 0.381. The van der Waals surface area contributed by atoms with Gasteiger partial charge in [-0.2, -0.15) is 0 Å². The van der Waals surface area contributed by atoms with Crippen molar-refractivity contribution >= 4 is 27.5 Å². The maximum atomic E-state index is 11.5. The fourth-order valence-corrected chi connectivity index (χ4v) is 2.52. The van der Waals surface area contributed by atoms with Crippen molar-refractivity contribution in [1.29, 1.82) is 0 Å². The van der Waals surface area contributed by atoms with Crippen molar-refractivity contribution in [2.45, 2.75) is 13.8 Å². The van der Waals surface area contributed by atoms with Crippen LogP contribution in [0.3, 0.4) is 0 Å². The molecule has 0 saturated carbocycles. The van der Waals surface area contributed by atoms with Gasteiger partial charge in [-0.1, -0.05) is 24.3 Å². The Hall–Kier alpha value is -2.35. The first-order valence-corrected chi connectivity index (χ1v) is 6.30. The fourth-order valence-electron chi connectivity index (χ4n) is 2.52. The molecule has 0 aliphatic heterocycles. The molecule has 0 heterocycles. The van der Waals surface area contributed by atoms with Crippen LogP contribution in [-0.2, 0) is 0 Å². The number of amides is 1. The molecule has 2 nitrogen and oxygen atoms in total.